The lowest BCUT2D eigenvalue weighted by molar-refractivity contribution is 0.0938. The number of hydrogen-bond donors (Lipinski definition) is 1. The van der Waals surface area contributed by atoms with Gasteiger partial charge in [-0.3, -0.25) is 4.79 Å². The molecule has 3 saturated heterocycles. The molecule has 1 amide bonds. The largest absolute Gasteiger partial charge is 0.351 e. The first-order chi connectivity index (χ1) is 10.8. The van der Waals surface area contributed by atoms with Gasteiger partial charge in [-0.2, -0.15) is 0 Å². The van der Waals surface area contributed by atoms with Crippen molar-refractivity contribution in [2.75, 3.05) is 26.2 Å². The van der Waals surface area contributed by atoms with Gasteiger partial charge in [-0.1, -0.05) is 12.1 Å². The highest BCUT2D eigenvalue weighted by Gasteiger charge is 2.29. The second-order valence-electron chi connectivity index (χ2n) is 7.25. The van der Waals surface area contributed by atoms with Crippen LogP contribution in [0.1, 0.15) is 59.5 Å². The van der Waals surface area contributed by atoms with Gasteiger partial charge >= 0.3 is 0 Å². The molecule has 0 aromatic heterocycles. The molecule has 0 saturated carbocycles. The molecule has 3 nitrogen and oxygen atoms in total. The van der Waals surface area contributed by atoms with Gasteiger partial charge in [-0.25, -0.2) is 0 Å². The van der Waals surface area contributed by atoms with Crippen molar-refractivity contribution in [2.45, 2.75) is 44.4 Å². The van der Waals surface area contributed by atoms with Crippen LogP contribution in [0.5, 0.6) is 0 Å². The van der Waals surface area contributed by atoms with Crippen LogP contribution in [0.3, 0.4) is 0 Å². The molecule has 4 heterocycles. The fourth-order valence-corrected chi connectivity index (χ4v) is 4.57. The maximum Gasteiger partial charge on any atom is 0.251 e. The molecule has 1 aromatic rings. The summed E-state index contributed by atoms with van der Waals surface area (Å²) in [5.74, 6) is 1.80. The van der Waals surface area contributed by atoms with Crippen LogP contribution in [-0.2, 0) is 6.42 Å². The molecule has 3 heteroatoms. The van der Waals surface area contributed by atoms with Crippen LogP contribution in [0.25, 0.3) is 0 Å². The minimum atomic E-state index is 0.111. The second kappa shape index (κ2) is 6.04. The average molecular weight is 298 g/mol. The summed E-state index contributed by atoms with van der Waals surface area (Å²) in [7, 11) is 0. The Morgan fingerprint density at radius 1 is 1.05 bits per heavy atom. The van der Waals surface area contributed by atoms with Gasteiger partial charge in [0.1, 0.15) is 0 Å². The van der Waals surface area contributed by atoms with Crippen molar-refractivity contribution in [3.63, 3.8) is 0 Å². The van der Waals surface area contributed by atoms with Crippen LogP contribution in [0.15, 0.2) is 18.2 Å². The zero-order valence-corrected chi connectivity index (χ0v) is 13.3. The predicted octanol–water partition coefficient (Wildman–Crippen LogP) is 2.95. The maximum atomic E-state index is 11.6. The topological polar surface area (TPSA) is 32.3 Å². The number of carbonyl (C=O) groups excluding carboxylic acids is 1. The Morgan fingerprint density at radius 3 is 2.45 bits per heavy atom. The van der Waals surface area contributed by atoms with E-state index in [1.54, 1.807) is 0 Å². The highest BCUT2D eigenvalue weighted by molar-refractivity contribution is 5.97. The lowest BCUT2D eigenvalue weighted by Crippen LogP contribution is -2.41. The third-order valence-electron chi connectivity index (χ3n) is 5.92. The lowest BCUT2D eigenvalue weighted by atomic mass is 9.78. The summed E-state index contributed by atoms with van der Waals surface area (Å²) < 4.78 is 0. The summed E-state index contributed by atoms with van der Waals surface area (Å²) >= 11 is 0. The van der Waals surface area contributed by atoms with Crippen LogP contribution < -0.4 is 5.32 Å². The van der Waals surface area contributed by atoms with Crippen LogP contribution in [0.2, 0.25) is 0 Å². The molecule has 1 N–H and O–H groups in total. The number of nitrogens with one attached hydrogen (secondary N) is 1. The summed E-state index contributed by atoms with van der Waals surface area (Å²) in [6.45, 7) is 5.02. The smallest absolute Gasteiger partial charge is 0.251 e. The van der Waals surface area contributed by atoms with E-state index in [0.717, 1.165) is 24.4 Å². The second-order valence-corrected chi connectivity index (χ2v) is 7.25. The van der Waals surface area contributed by atoms with Crippen molar-refractivity contribution in [2.24, 2.45) is 5.92 Å². The van der Waals surface area contributed by atoms with E-state index < -0.39 is 0 Å². The predicted molar refractivity (Wildman–Crippen MR) is 88.2 cm³/mol. The fourth-order valence-electron chi connectivity index (χ4n) is 4.57. The summed E-state index contributed by atoms with van der Waals surface area (Å²) in [6.07, 6.45) is 8.09. The first-order valence-corrected chi connectivity index (χ1v) is 8.93. The van der Waals surface area contributed by atoms with Gasteiger partial charge in [-0.15, -0.1) is 0 Å². The standard InChI is InChI=1S/C12H13NO.C7H13N/c14-12-10-6-2-4-8-3-1-5-9(7-13-12)11(8)10;1-4-8-5-2-7(1)3-6-8/h2,4,6,9H,1,3,5,7H2,(H,13,14);7H,1-6H2. The van der Waals surface area contributed by atoms with Crippen molar-refractivity contribution >= 4 is 5.91 Å². The molecule has 4 aliphatic heterocycles. The normalized spacial score (nSPS) is 31.6. The zero-order valence-electron chi connectivity index (χ0n) is 13.3. The molecular formula is C19H26N2O. The Morgan fingerprint density at radius 2 is 1.82 bits per heavy atom. The van der Waals surface area contributed by atoms with Crippen molar-refractivity contribution in [3.8, 4) is 0 Å². The average Bonchev–Trinajstić information content (AvgIpc) is 2.61. The molecule has 0 radical (unpaired) electrons. The Hall–Kier alpha value is -1.35. The quantitative estimate of drug-likeness (QED) is 0.798. The van der Waals surface area contributed by atoms with Crippen LogP contribution in [0.4, 0.5) is 0 Å². The van der Waals surface area contributed by atoms with E-state index in [0.29, 0.717) is 5.92 Å². The molecule has 6 rings (SSSR count). The van der Waals surface area contributed by atoms with E-state index in [1.807, 2.05) is 12.1 Å². The van der Waals surface area contributed by atoms with E-state index in [-0.39, 0.29) is 5.91 Å². The third-order valence-corrected chi connectivity index (χ3v) is 5.92. The molecular weight excluding hydrogens is 272 g/mol. The van der Waals surface area contributed by atoms with Crippen LogP contribution in [-0.4, -0.2) is 37.0 Å². The lowest BCUT2D eigenvalue weighted by Gasteiger charge is -2.38. The van der Waals surface area contributed by atoms with E-state index >= 15 is 0 Å². The van der Waals surface area contributed by atoms with Crippen molar-refractivity contribution in [3.05, 3.63) is 34.9 Å². The first-order valence-electron chi connectivity index (χ1n) is 8.93. The number of amides is 1. The van der Waals surface area contributed by atoms with E-state index in [4.69, 9.17) is 0 Å². The van der Waals surface area contributed by atoms with E-state index in [9.17, 15) is 4.79 Å². The van der Waals surface area contributed by atoms with Crippen molar-refractivity contribution in [1.82, 2.24) is 10.2 Å². The summed E-state index contributed by atoms with van der Waals surface area (Å²) in [5, 5.41) is 2.96. The molecule has 1 unspecified atom stereocenters. The van der Waals surface area contributed by atoms with Crippen LogP contribution >= 0.6 is 0 Å². The number of benzene rings is 1. The van der Waals surface area contributed by atoms with E-state index in [1.165, 1.54) is 62.9 Å². The van der Waals surface area contributed by atoms with E-state index in [2.05, 4.69) is 16.3 Å². The summed E-state index contributed by atoms with van der Waals surface area (Å²) in [4.78, 5) is 14.2. The Labute approximate surface area is 133 Å². The molecule has 5 aliphatic rings. The SMILES string of the molecule is C1CN2CCC1CC2.O=C1NCC2CCCc3cccc1c32. The molecule has 1 atom stereocenters. The van der Waals surface area contributed by atoms with Gasteiger partial charge in [0.05, 0.1) is 0 Å². The minimum Gasteiger partial charge on any atom is -0.351 e. The molecule has 2 bridgehead atoms. The zero-order chi connectivity index (χ0) is 14.9. The molecule has 118 valence electrons. The molecule has 3 fully saturated rings. The Kier molecular flexibility index (Phi) is 3.91. The maximum absolute atomic E-state index is 11.6. The van der Waals surface area contributed by atoms with Crippen molar-refractivity contribution < 1.29 is 4.79 Å². The first kappa shape index (κ1) is 14.3. The monoisotopic (exact) mass is 298 g/mol. The minimum absolute atomic E-state index is 0.111. The number of fused-ring (bicyclic) bond motifs is 3. The number of nitrogens with zero attached hydrogens (tertiary/aromatic N) is 1. The van der Waals surface area contributed by atoms with Gasteiger partial charge in [-0.05, 0) is 81.3 Å². The number of aryl methyl sites for hydroxylation is 1. The number of hydrogen-bond acceptors (Lipinski definition) is 2. The number of piperidine rings is 3. The molecule has 22 heavy (non-hydrogen) atoms. The van der Waals surface area contributed by atoms with Crippen LogP contribution in [0, 0.1) is 5.92 Å². The third kappa shape index (κ3) is 2.67. The fraction of sp³-hybridized carbons (Fsp3) is 0.632. The highest BCUT2D eigenvalue weighted by atomic mass is 16.1. The molecule has 1 aromatic carbocycles. The van der Waals surface area contributed by atoms with Crippen molar-refractivity contribution in [1.29, 1.82) is 0 Å². The van der Waals surface area contributed by atoms with Gasteiger partial charge in [0.25, 0.3) is 5.91 Å². The molecule has 1 aliphatic carbocycles. The Balaban J connectivity index is 0.000000132. The highest BCUT2D eigenvalue weighted by Crippen LogP contribution is 2.35. The number of rotatable bonds is 0. The van der Waals surface area contributed by atoms with Gasteiger partial charge in [0.15, 0.2) is 0 Å². The van der Waals surface area contributed by atoms with Gasteiger partial charge in [0, 0.05) is 18.0 Å². The summed E-state index contributed by atoms with van der Waals surface area (Å²) in [5.41, 5.74) is 3.65. The summed E-state index contributed by atoms with van der Waals surface area (Å²) in [6, 6.07) is 6.12. The number of carbonyl (C=O) groups is 1. The van der Waals surface area contributed by atoms with Gasteiger partial charge < -0.3 is 10.2 Å². The molecule has 0 spiro atoms. The van der Waals surface area contributed by atoms with Gasteiger partial charge in [0.2, 0.25) is 0 Å². The Bertz CT molecular complexity index is 538.